The van der Waals surface area contributed by atoms with E-state index in [-0.39, 0.29) is 29.9 Å². The van der Waals surface area contributed by atoms with Gasteiger partial charge in [0, 0.05) is 6.04 Å². The number of ether oxygens (including phenoxy) is 3. The largest absolute Gasteiger partial charge is 0.478 e. The van der Waals surface area contributed by atoms with Crippen LogP contribution in [0, 0.1) is 0 Å². The summed E-state index contributed by atoms with van der Waals surface area (Å²) in [6.45, 7) is 5.88. The minimum Gasteiger partial charge on any atom is -0.478 e. The molecule has 0 unspecified atom stereocenters. The van der Waals surface area contributed by atoms with E-state index >= 15 is 0 Å². The Balaban J connectivity index is 0.000000278. The molecule has 1 fully saturated rings. The van der Waals surface area contributed by atoms with E-state index in [1.165, 1.54) is 17.7 Å². The fraction of sp³-hybridized carbons (Fsp3) is 0.364. The maximum atomic E-state index is 11.9. The predicted octanol–water partition coefficient (Wildman–Crippen LogP) is 3.40. The topological polar surface area (TPSA) is 108 Å². The lowest BCUT2D eigenvalue weighted by Crippen LogP contribution is -2.25. The van der Waals surface area contributed by atoms with Crippen LogP contribution in [0.3, 0.4) is 0 Å². The zero-order valence-electron chi connectivity index (χ0n) is 16.8. The number of carboxylic acid groups (broad SMARTS) is 1. The van der Waals surface area contributed by atoms with Gasteiger partial charge in [-0.3, -0.25) is 0 Å². The van der Waals surface area contributed by atoms with Gasteiger partial charge in [-0.05, 0) is 38.5 Å². The lowest BCUT2D eigenvalue weighted by atomic mass is 10.1. The van der Waals surface area contributed by atoms with Crippen LogP contribution in [0.2, 0.25) is 0 Å². The van der Waals surface area contributed by atoms with E-state index in [2.05, 4.69) is 0 Å². The minimum absolute atomic E-state index is 0.0240. The molecule has 2 atom stereocenters. The molecule has 3 N–H and O–H groups in total. The molecular formula is C22H27NO6. The molecular weight excluding hydrogens is 374 g/mol. The van der Waals surface area contributed by atoms with Crippen molar-refractivity contribution in [3.63, 3.8) is 0 Å². The third-order valence-electron chi connectivity index (χ3n) is 4.17. The standard InChI is InChI=1S/C14H16O6.C8H11N/c1-14(2)19-8-9(20-14)7-18-13(17)11-6-4-3-5-10(11)12(15)16;1-7(9)8-5-3-2-4-6-8/h3-6,9H,7-8H2,1-2H3,(H,15,16);2-7H,9H2,1H3/t9-;7-/m11/s1. The highest BCUT2D eigenvalue weighted by molar-refractivity contribution is 6.02. The minimum atomic E-state index is -1.17. The van der Waals surface area contributed by atoms with E-state index in [0.717, 1.165) is 0 Å². The van der Waals surface area contributed by atoms with Gasteiger partial charge in [0.15, 0.2) is 5.79 Å². The summed E-state index contributed by atoms with van der Waals surface area (Å²) in [6.07, 6.45) is -0.342. The van der Waals surface area contributed by atoms with E-state index in [1.54, 1.807) is 26.0 Å². The number of aromatic carboxylic acids is 1. The number of esters is 1. The Hall–Kier alpha value is -2.74. The van der Waals surface area contributed by atoms with Crippen LogP contribution in [0.15, 0.2) is 54.6 Å². The molecule has 0 aliphatic carbocycles. The molecule has 3 rings (SSSR count). The average Bonchev–Trinajstić information content (AvgIpc) is 3.06. The lowest BCUT2D eigenvalue weighted by molar-refractivity contribution is -0.142. The van der Waals surface area contributed by atoms with E-state index < -0.39 is 17.7 Å². The first-order chi connectivity index (χ1) is 13.7. The van der Waals surface area contributed by atoms with Crippen molar-refractivity contribution in [1.82, 2.24) is 0 Å². The molecule has 7 heteroatoms. The van der Waals surface area contributed by atoms with E-state index in [0.29, 0.717) is 6.61 Å². The quantitative estimate of drug-likeness (QED) is 0.739. The zero-order valence-corrected chi connectivity index (χ0v) is 16.8. The van der Waals surface area contributed by atoms with Gasteiger partial charge in [0.25, 0.3) is 0 Å². The van der Waals surface area contributed by atoms with Crippen molar-refractivity contribution in [3.8, 4) is 0 Å². The molecule has 1 aliphatic heterocycles. The Morgan fingerprint density at radius 3 is 2.21 bits per heavy atom. The third-order valence-corrected chi connectivity index (χ3v) is 4.17. The van der Waals surface area contributed by atoms with Gasteiger partial charge < -0.3 is 25.1 Å². The van der Waals surface area contributed by atoms with Crippen LogP contribution >= 0.6 is 0 Å². The fourth-order valence-corrected chi connectivity index (χ4v) is 2.70. The Bertz CT molecular complexity index is 819. The third kappa shape index (κ3) is 6.98. The van der Waals surface area contributed by atoms with Crippen molar-refractivity contribution in [1.29, 1.82) is 0 Å². The summed E-state index contributed by atoms with van der Waals surface area (Å²) in [6, 6.07) is 16.1. The molecule has 7 nitrogen and oxygen atoms in total. The summed E-state index contributed by atoms with van der Waals surface area (Å²) in [5, 5.41) is 9.01. The van der Waals surface area contributed by atoms with Gasteiger partial charge in [0.05, 0.1) is 17.7 Å². The summed E-state index contributed by atoms with van der Waals surface area (Å²) < 4.78 is 15.9. The number of carboxylic acids is 1. The van der Waals surface area contributed by atoms with E-state index in [9.17, 15) is 9.59 Å². The predicted molar refractivity (Wildman–Crippen MR) is 108 cm³/mol. The van der Waals surface area contributed by atoms with Crippen molar-refractivity contribution in [2.24, 2.45) is 5.73 Å². The summed E-state index contributed by atoms with van der Waals surface area (Å²) in [4.78, 5) is 22.9. The van der Waals surface area contributed by atoms with Crippen LogP contribution in [-0.2, 0) is 14.2 Å². The van der Waals surface area contributed by atoms with Crippen LogP contribution in [0.1, 0.15) is 53.1 Å². The number of benzene rings is 2. The maximum absolute atomic E-state index is 11.9. The second-order valence-corrected chi connectivity index (χ2v) is 7.10. The highest BCUT2D eigenvalue weighted by atomic mass is 16.7. The van der Waals surface area contributed by atoms with Gasteiger partial charge in [-0.1, -0.05) is 42.5 Å². The molecule has 0 bridgehead atoms. The lowest BCUT2D eigenvalue weighted by Gasteiger charge is -2.17. The number of carbonyl (C=O) groups excluding carboxylic acids is 1. The van der Waals surface area contributed by atoms with E-state index in [4.69, 9.17) is 25.1 Å². The Labute approximate surface area is 170 Å². The summed E-state index contributed by atoms with van der Waals surface area (Å²) in [7, 11) is 0. The Morgan fingerprint density at radius 1 is 1.14 bits per heavy atom. The number of hydrogen-bond acceptors (Lipinski definition) is 6. The Morgan fingerprint density at radius 2 is 1.72 bits per heavy atom. The van der Waals surface area contributed by atoms with Crippen LogP contribution < -0.4 is 5.73 Å². The average molecular weight is 401 g/mol. The van der Waals surface area contributed by atoms with Gasteiger partial charge in [-0.2, -0.15) is 0 Å². The summed E-state index contributed by atoms with van der Waals surface area (Å²) in [5.74, 6) is -2.54. The van der Waals surface area contributed by atoms with Crippen LogP contribution in [-0.4, -0.2) is 42.1 Å². The normalized spacial score (nSPS) is 18.3. The summed E-state index contributed by atoms with van der Waals surface area (Å²) >= 11 is 0. The number of carbonyl (C=O) groups is 2. The van der Waals surface area contributed by atoms with Gasteiger partial charge in [-0.25, -0.2) is 9.59 Å². The summed E-state index contributed by atoms with van der Waals surface area (Å²) in [5.41, 5.74) is 6.75. The van der Waals surface area contributed by atoms with Gasteiger partial charge in [0.2, 0.25) is 0 Å². The van der Waals surface area contributed by atoms with Crippen molar-refractivity contribution in [2.45, 2.75) is 38.7 Å². The first kappa shape index (κ1) is 22.5. The highest BCUT2D eigenvalue weighted by Crippen LogP contribution is 2.22. The number of hydrogen-bond donors (Lipinski definition) is 2. The molecule has 1 saturated heterocycles. The molecule has 0 amide bonds. The van der Waals surface area contributed by atoms with Crippen LogP contribution in [0.4, 0.5) is 0 Å². The van der Waals surface area contributed by atoms with Crippen molar-refractivity contribution in [2.75, 3.05) is 13.2 Å². The SMILES string of the molecule is CC1(C)OC[C@@H](COC(=O)c2ccccc2C(=O)O)O1.C[C@@H](N)c1ccccc1. The first-order valence-electron chi connectivity index (χ1n) is 9.31. The molecule has 156 valence electrons. The molecule has 0 saturated carbocycles. The zero-order chi connectivity index (χ0) is 21.4. The molecule has 1 aliphatic rings. The van der Waals surface area contributed by atoms with Crippen LogP contribution in [0.25, 0.3) is 0 Å². The van der Waals surface area contributed by atoms with Gasteiger partial charge in [0.1, 0.15) is 12.7 Å². The van der Waals surface area contributed by atoms with Crippen molar-refractivity contribution >= 4 is 11.9 Å². The maximum Gasteiger partial charge on any atom is 0.339 e. The molecule has 0 radical (unpaired) electrons. The van der Waals surface area contributed by atoms with Crippen molar-refractivity contribution in [3.05, 3.63) is 71.3 Å². The van der Waals surface area contributed by atoms with Crippen molar-refractivity contribution < 1.29 is 28.9 Å². The monoisotopic (exact) mass is 401 g/mol. The van der Waals surface area contributed by atoms with Gasteiger partial charge >= 0.3 is 11.9 Å². The highest BCUT2D eigenvalue weighted by Gasteiger charge is 2.33. The molecule has 0 spiro atoms. The molecule has 0 aromatic heterocycles. The molecule has 2 aromatic carbocycles. The number of nitrogens with two attached hydrogens (primary N) is 1. The smallest absolute Gasteiger partial charge is 0.339 e. The second-order valence-electron chi connectivity index (χ2n) is 7.10. The van der Waals surface area contributed by atoms with Gasteiger partial charge in [-0.15, -0.1) is 0 Å². The first-order valence-corrected chi connectivity index (χ1v) is 9.31. The number of rotatable bonds is 5. The molecule has 1 heterocycles. The molecule has 2 aromatic rings. The second kappa shape index (κ2) is 10.2. The van der Waals surface area contributed by atoms with Crippen LogP contribution in [0.5, 0.6) is 0 Å². The van der Waals surface area contributed by atoms with E-state index in [1.807, 2.05) is 37.3 Å². The fourth-order valence-electron chi connectivity index (χ4n) is 2.70. The Kier molecular flexibility index (Phi) is 7.90. The molecule has 29 heavy (non-hydrogen) atoms.